The SMILES string of the molecule is COCc1nc2n(n1)CCC[C@H]2NS(=O)(=O)c1ccc2ccccc2c1. The van der Waals surface area contributed by atoms with Gasteiger partial charge in [-0.25, -0.2) is 22.8 Å². The van der Waals surface area contributed by atoms with E-state index in [0.717, 1.165) is 23.7 Å². The second kappa shape index (κ2) is 6.79. The number of nitrogens with zero attached hydrogens (tertiary/aromatic N) is 3. The standard InChI is InChI=1S/C18H20N4O3S/c1-25-12-17-19-18-16(7-4-10-22(18)20-17)21-26(23,24)15-9-8-13-5-2-3-6-14(13)11-15/h2-3,5-6,8-9,11,16,21H,4,7,10,12H2,1H3/t16-/m1/s1. The fourth-order valence-electron chi connectivity index (χ4n) is 3.29. The van der Waals surface area contributed by atoms with Crippen LogP contribution in [0.5, 0.6) is 0 Å². The van der Waals surface area contributed by atoms with E-state index in [9.17, 15) is 8.42 Å². The highest BCUT2D eigenvalue weighted by atomic mass is 32.2. The van der Waals surface area contributed by atoms with Crippen LogP contribution in [0.25, 0.3) is 10.8 Å². The van der Waals surface area contributed by atoms with E-state index in [2.05, 4.69) is 14.8 Å². The number of hydrogen-bond acceptors (Lipinski definition) is 5. The Balaban J connectivity index is 1.63. The Morgan fingerprint density at radius 3 is 2.85 bits per heavy atom. The fourth-order valence-corrected chi connectivity index (χ4v) is 4.55. The Bertz CT molecular complexity index is 1050. The Morgan fingerprint density at radius 1 is 1.23 bits per heavy atom. The molecule has 7 nitrogen and oxygen atoms in total. The average molecular weight is 372 g/mol. The lowest BCUT2D eigenvalue weighted by molar-refractivity contribution is 0.177. The summed E-state index contributed by atoms with van der Waals surface area (Å²) in [7, 11) is -2.08. The van der Waals surface area contributed by atoms with E-state index in [1.165, 1.54) is 0 Å². The molecule has 26 heavy (non-hydrogen) atoms. The van der Waals surface area contributed by atoms with Gasteiger partial charge in [0.1, 0.15) is 12.4 Å². The van der Waals surface area contributed by atoms with Crippen LogP contribution in [0.15, 0.2) is 47.4 Å². The van der Waals surface area contributed by atoms with Crippen LogP contribution in [-0.4, -0.2) is 30.3 Å². The minimum Gasteiger partial charge on any atom is -0.377 e. The third-order valence-corrected chi connectivity index (χ3v) is 5.99. The molecule has 0 aliphatic carbocycles. The normalized spacial score (nSPS) is 17.3. The van der Waals surface area contributed by atoms with Gasteiger partial charge in [-0.1, -0.05) is 30.3 Å². The first-order valence-corrected chi connectivity index (χ1v) is 9.99. The maximum absolute atomic E-state index is 12.9. The number of sulfonamides is 1. The van der Waals surface area contributed by atoms with Crippen LogP contribution in [0, 0.1) is 0 Å². The summed E-state index contributed by atoms with van der Waals surface area (Å²) in [6, 6.07) is 12.5. The van der Waals surface area contributed by atoms with Gasteiger partial charge in [0, 0.05) is 13.7 Å². The van der Waals surface area contributed by atoms with Crippen molar-refractivity contribution in [2.45, 2.75) is 36.9 Å². The lowest BCUT2D eigenvalue weighted by Crippen LogP contribution is -2.33. The van der Waals surface area contributed by atoms with Crippen LogP contribution < -0.4 is 4.72 Å². The van der Waals surface area contributed by atoms with Crippen molar-refractivity contribution in [2.75, 3.05) is 7.11 Å². The van der Waals surface area contributed by atoms with Crippen molar-refractivity contribution in [3.05, 3.63) is 54.1 Å². The Morgan fingerprint density at radius 2 is 2.04 bits per heavy atom. The molecular weight excluding hydrogens is 352 g/mol. The van der Waals surface area contributed by atoms with Crippen molar-refractivity contribution < 1.29 is 13.2 Å². The highest BCUT2D eigenvalue weighted by Crippen LogP contribution is 2.26. The van der Waals surface area contributed by atoms with E-state index in [4.69, 9.17) is 4.74 Å². The molecule has 2 heterocycles. The summed E-state index contributed by atoms with van der Waals surface area (Å²) in [4.78, 5) is 4.70. The lowest BCUT2D eigenvalue weighted by atomic mass is 10.1. The number of benzene rings is 2. The number of fused-ring (bicyclic) bond motifs is 2. The summed E-state index contributed by atoms with van der Waals surface area (Å²) >= 11 is 0. The Hall–Kier alpha value is -2.29. The van der Waals surface area contributed by atoms with Crippen molar-refractivity contribution >= 4 is 20.8 Å². The number of hydrogen-bond donors (Lipinski definition) is 1. The second-order valence-electron chi connectivity index (χ2n) is 6.37. The molecule has 0 fully saturated rings. The molecule has 4 rings (SSSR count). The summed E-state index contributed by atoms with van der Waals surface area (Å²) in [5.41, 5.74) is 0. The molecule has 1 N–H and O–H groups in total. The van der Waals surface area contributed by atoms with Gasteiger partial charge < -0.3 is 4.74 Å². The number of rotatable bonds is 5. The second-order valence-corrected chi connectivity index (χ2v) is 8.08. The predicted octanol–water partition coefficient (Wildman–Crippen LogP) is 2.39. The largest absolute Gasteiger partial charge is 0.377 e. The molecule has 0 amide bonds. The summed E-state index contributed by atoms with van der Waals surface area (Å²) in [5, 5.41) is 6.28. The van der Waals surface area contributed by atoms with Crippen molar-refractivity contribution in [3.63, 3.8) is 0 Å². The first-order chi connectivity index (χ1) is 12.6. The van der Waals surface area contributed by atoms with Gasteiger partial charge in [0.2, 0.25) is 10.0 Å². The lowest BCUT2D eigenvalue weighted by Gasteiger charge is -2.23. The number of methoxy groups -OCH3 is 1. The zero-order valence-electron chi connectivity index (χ0n) is 14.4. The van der Waals surface area contributed by atoms with E-state index < -0.39 is 16.1 Å². The van der Waals surface area contributed by atoms with Crippen LogP contribution in [0.4, 0.5) is 0 Å². The molecule has 0 unspecified atom stereocenters. The monoisotopic (exact) mass is 372 g/mol. The topological polar surface area (TPSA) is 86.1 Å². The van der Waals surface area contributed by atoms with Gasteiger partial charge >= 0.3 is 0 Å². The van der Waals surface area contributed by atoms with Crippen molar-refractivity contribution in [3.8, 4) is 0 Å². The predicted molar refractivity (Wildman–Crippen MR) is 97.0 cm³/mol. The molecular formula is C18H20N4O3S. The van der Waals surface area contributed by atoms with Crippen molar-refractivity contribution in [2.24, 2.45) is 0 Å². The van der Waals surface area contributed by atoms with E-state index in [1.54, 1.807) is 23.9 Å². The smallest absolute Gasteiger partial charge is 0.241 e. The maximum atomic E-state index is 12.9. The molecule has 0 radical (unpaired) electrons. The average Bonchev–Trinajstić information content (AvgIpc) is 3.05. The molecule has 8 heteroatoms. The molecule has 0 bridgehead atoms. The van der Waals surface area contributed by atoms with Gasteiger partial charge in [-0.2, -0.15) is 5.10 Å². The van der Waals surface area contributed by atoms with Crippen molar-refractivity contribution in [1.29, 1.82) is 0 Å². The molecule has 0 saturated heterocycles. The highest BCUT2D eigenvalue weighted by Gasteiger charge is 2.29. The van der Waals surface area contributed by atoms with Crippen LogP contribution in [0.3, 0.4) is 0 Å². The van der Waals surface area contributed by atoms with Gasteiger partial charge in [0.15, 0.2) is 5.82 Å². The molecule has 2 aromatic carbocycles. The molecule has 1 atom stereocenters. The van der Waals surface area contributed by atoms with E-state index in [-0.39, 0.29) is 4.90 Å². The maximum Gasteiger partial charge on any atom is 0.241 e. The fraction of sp³-hybridized carbons (Fsp3) is 0.333. The number of aromatic nitrogens is 3. The summed E-state index contributed by atoms with van der Waals surface area (Å²) < 4.78 is 35.4. The van der Waals surface area contributed by atoms with E-state index in [0.29, 0.717) is 24.7 Å². The van der Waals surface area contributed by atoms with Crippen LogP contribution in [0.1, 0.15) is 30.5 Å². The zero-order valence-corrected chi connectivity index (χ0v) is 15.2. The Kier molecular flexibility index (Phi) is 4.47. The van der Waals surface area contributed by atoms with Gasteiger partial charge in [0.05, 0.1) is 10.9 Å². The number of nitrogens with one attached hydrogen (secondary N) is 1. The third kappa shape index (κ3) is 3.23. The minimum atomic E-state index is -3.66. The van der Waals surface area contributed by atoms with Gasteiger partial charge in [-0.15, -0.1) is 0 Å². The quantitative estimate of drug-likeness (QED) is 0.743. The summed E-state index contributed by atoms with van der Waals surface area (Å²) in [6.45, 7) is 1.05. The molecule has 0 spiro atoms. The van der Waals surface area contributed by atoms with E-state index >= 15 is 0 Å². The van der Waals surface area contributed by atoms with Gasteiger partial charge in [0.25, 0.3) is 0 Å². The highest BCUT2D eigenvalue weighted by molar-refractivity contribution is 7.89. The molecule has 136 valence electrons. The Labute approximate surface area is 152 Å². The van der Waals surface area contributed by atoms with Crippen LogP contribution in [-0.2, 0) is 27.9 Å². The molecule has 1 aliphatic heterocycles. The molecule has 1 aliphatic rings. The molecule has 3 aromatic rings. The number of ether oxygens (including phenoxy) is 1. The molecule has 0 saturated carbocycles. The van der Waals surface area contributed by atoms with E-state index in [1.807, 2.05) is 30.3 Å². The van der Waals surface area contributed by atoms with Crippen molar-refractivity contribution in [1.82, 2.24) is 19.5 Å². The summed E-state index contributed by atoms with van der Waals surface area (Å²) in [5.74, 6) is 1.21. The van der Waals surface area contributed by atoms with Gasteiger partial charge in [-0.3, -0.25) is 0 Å². The third-order valence-electron chi connectivity index (χ3n) is 4.52. The zero-order chi connectivity index (χ0) is 18.1. The summed E-state index contributed by atoms with van der Waals surface area (Å²) in [6.07, 6.45) is 1.53. The van der Waals surface area contributed by atoms with Gasteiger partial charge in [-0.05, 0) is 35.7 Å². The molecule has 1 aromatic heterocycles. The van der Waals surface area contributed by atoms with Crippen LogP contribution >= 0.6 is 0 Å². The number of aryl methyl sites for hydroxylation is 1. The minimum absolute atomic E-state index is 0.255. The van der Waals surface area contributed by atoms with Crippen LogP contribution in [0.2, 0.25) is 0 Å². The first kappa shape index (κ1) is 17.1. The first-order valence-electron chi connectivity index (χ1n) is 8.50.